The van der Waals surface area contributed by atoms with Gasteiger partial charge < -0.3 is 15.0 Å². The molecule has 220 valence electrons. The van der Waals surface area contributed by atoms with Crippen molar-refractivity contribution in [3.05, 3.63) is 89.4 Å². The van der Waals surface area contributed by atoms with Gasteiger partial charge in [-0.25, -0.2) is 8.42 Å². The first-order chi connectivity index (χ1) is 19.6. The van der Waals surface area contributed by atoms with E-state index in [1.165, 1.54) is 17.0 Å². The zero-order chi connectivity index (χ0) is 30.0. The summed E-state index contributed by atoms with van der Waals surface area (Å²) in [5.74, 6) is -0.223. The summed E-state index contributed by atoms with van der Waals surface area (Å²) < 4.78 is 34.4. The molecule has 0 radical (unpaired) electrons. The summed E-state index contributed by atoms with van der Waals surface area (Å²) in [6.07, 6.45) is 1.07. The summed E-state index contributed by atoms with van der Waals surface area (Å²) in [4.78, 5) is 28.9. The Balaban J connectivity index is 2.04. The van der Waals surface area contributed by atoms with Crippen molar-refractivity contribution < 1.29 is 22.7 Å². The number of rotatable bonds is 14. The Morgan fingerprint density at radius 2 is 1.54 bits per heavy atom. The van der Waals surface area contributed by atoms with Crippen molar-refractivity contribution in [2.45, 2.75) is 64.1 Å². The van der Waals surface area contributed by atoms with Gasteiger partial charge in [-0.1, -0.05) is 55.8 Å². The van der Waals surface area contributed by atoms with Crippen molar-refractivity contribution in [3.8, 4) is 5.75 Å². The highest BCUT2D eigenvalue weighted by Crippen LogP contribution is 2.27. The molecule has 0 saturated heterocycles. The number of hydrogen-bond acceptors (Lipinski definition) is 5. The molecule has 0 aromatic heterocycles. The summed E-state index contributed by atoms with van der Waals surface area (Å²) in [7, 11) is -4.13. The van der Waals surface area contributed by atoms with Gasteiger partial charge in [0.05, 0.1) is 17.2 Å². The third-order valence-electron chi connectivity index (χ3n) is 6.70. The van der Waals surface area contributed by atoms with E-state index in [-0.39, 0.29) is 23.4 Å². The predicted molar refractivity (Wildman–Crippen MR) is 163 cm³/mol. The lowest BCUT2D eigenvalue weighted by Gasteiger charge is -2.33. The average Bonchev–Trinajstić information content (AvgIpc) is 2.97. The Bertz CT molecular complexity index is 1380. The Morgan fingerprint density at radius 3 is 2.10 bits per heavy atom. The van der Waals surface area contributed by atoms with E-state index in [4.69, 9.17) is 16.3 Å². The first-order valence-electron chi connectivity index (χ1n) is 13.8. The Morgan fingerprint density at radius 1 is 0.902 bits per heavy atom. The van der Waals surface area contributed by atoms with Gasteiger partial charge >= 0.3 is 0 Å². The van der Waals surface area contributed by atoms with Gasteiger partial charge in [-0.3, -0.25) is 13.9 Å². The molecule has 0 fully saturated rings. The van der Waals surface area contributed by atoms with Gasteiger partial charge in [0.2, 0.25) is 11.8 Å². The van der Waals surface area contributed by atoms with Crippen molar-refractivity contribution in [3.63, 3.8) is 0 Å². The number of carbonyl (C=O) groups excluding carboxylic acids is 2. The highest BCUT2D eigenvalue weighted by atomic mass is 35.5. The second-order valence-corrected chi connectivity index (χ2v) is 11.9. The second kappa shape index (κ2) is 14.9. The number of benzene rings is 3. The van der Waals surface area contributed by atoms with Gasteiger partial charge in [0.15, 0.2) is 0 Å². The molecule has 1 N–H and O–H groups in total. The zero-order valence-corrected chi connectivity index (χ0v) is 25.5. The van der Waals surface area contributed by atoms with E-state index in [0.29, 0.717) is 29.5 Å². The lowest BCUT2D eigenvalue weighted by atomic mass is 10.1. The van der Waals surface area contributed by atoms with Gasteiger partial charge in [-0.05, 0) is 80.8 Å². The molecule has 3 aromatic rings. The normalized spacial score (nSPS) is 12.7. The molecule has 41 heavy (non-hydrogen) atoms. The maximum Gasteiger partial charge on any atom is 0.264 e. The Kier molecular flexibility index (Phi) is 11.6. The molecule has 3 rings (SSSR count). The van der Waals surface area contributed by atoms with Crippen molar-refractivity contribution in [2.75, 3.05) is 17.5 Å². The number of carbonyl (C=O) groups is 2. The summed E-state index contributed by atoms with van der Waals surface area (Å²) >= 11 is 6.07. The Labute approximate surface area is 248 Å². The Hall–Kier alpha value is -3.56. The molecule has 0 heterocycles. The van der Waals surface area contributed by atoms with Crippen LogP contribution in [0.5, 0.6) is 5.75 Å². The zero-order valence-electron chi connectivity index (χ0n) is 23.9. The van der Waals surface area contributed by atoms with E-state index in [1.807, 2.05) is 27.7 Å². The molecular formula is C31H38ClN3O5S. The fourth-order valence-electron chi connectivity index (χ4n) is 4.27. The molecule has 2 atom stereocenters. The summed E-state index contributed by atoms with van der Waals surface area (Å²) in [5.41, 5.74) is 1.06. The van der Waals surface area contributed by atoms with Crippen molar-refractivity contribution in [1.82, 2.24) is 10.2 Å². The van der Waals surface area contributed by atoms with Crippen LogP contribution in [0.3, 0.4) is 0 Å². The number of amides is 2. The largest absolute Gasteiger partial charge is 0.494 e. The van der Waals surface area contributed by atoms with Crippen LogP contribution >= 0.6 is 11.6 Å². The first-order valence-corrected chi connectivity index (χ1v) is 15.6. The van der Waals surface area contributed by atoms with Gasteiger partial charge in [0.25, 0.3) is 10.0 Å². The van der Waals surface area contributed by atoms with Crippen LogP contribution < -0.4 is 14.4 Å². The van der Waals surface area contributed by atoms with Crippen LogP contribution in [0, 0.1) is 0 Å². The van der Waals surface area contributed by atoms with Crippen LogP contribution in [-0.4, -0.2) is 50.4 Å². The molecule has 0 aliphatic rings. The standard InChI is InChI=1S/C31H38ClN3O5S/c1-5-23(4)33-31(37)29(6-2)34(21-24-13-15-25(32)16-14-24)30(36)22-35(26-17-19-27(20-18-26)40-7-3)41(38,39)28-11-9-8-10-12-28/h8-20,23,29H,5-7,21-22H2,1-4H3,(H,33,37). The molecule has 0 saturated carbocycles. The molecule has 0 aliphatic carbocycles. The third-order valence-corrected chi connectivity index (χ3v) is 8.74. The van der Waals surface area contributed by atoms with Crippen LogP contribution in [0.25, 0.3) is 0 Å². The number of nitrogens with one attached hydrogen (secondary N) is 1. The smallest absolute Gasteiger partial charge is 0.264 e. The third kappa shape index (κ3) is 8.47. The fraction of sp³-hybridized carbons (Fsp3) is 0.355. The van der Waals surface area contributed by atoms with Crippen molar-refractivity contribution >= 4 is 39.1 Å². The molecule has 2 unspecified atom stereocenters. The van der Waals surface area contributed by atoms with E-state index >= 15 is 0 Å². The summed E-state index contributed by atoms with van der Waals surface area (Å²) in [6, 6.07) is 20.6. The first kappa shape index (κ1) is 32.0. The van der Waals surface area contributed by atoms with Crippen molar-refractivity contribution in [2.24, 2.45) is 0 Å². The molecule has 0 bridgehead atoms. The summed E-state index contributed by atoms with van der Waals surface area (Å²) in [6.45, 7) is 7.60. The van der Waals surface area contributed by atoms with Crippen LogP contribution in [0.4, 0.5) is 5.69 Å². The molecule has 0 aliphatic heterocycles. The van der Waals surface area contributed by atoms with Crippen LogP contribution in [-0.2, 0) is 26.2 Å². The highest BCUT2D eigenvalue weighted by Gasteiger charge is 2.34. The molecule has 3 aromatic carbocycles. The summed E-state index contributed by atoms with van der Waals surface area (Å²) in [5, 5.41) is 3.52. The van der Waals surface area contributed by atoms with E-state index in [2.05, 4.69) is 5.32 Å². The van der Waals surface area contributed by atoms with Crippen LogP contribution in [0.2, 0.25) is 5.02 Å². The average molecular weight is 600 g/mol. The number of ether oxygens (including phenoxy) is 1. The minimum absolute atomic E-state index is 0.0486. The number of nitrogens with zero attached hydrogens (tertiary/aromatic N) is 2. The molecule has 2 amide bonds. The minimum Gasteiger partial charge on any atom is -0.494 e. The lowest BCUT2D eigenvalue weighted by Crippen LogP contribution is -2.53. The maximum atomic E-state index is 14.1. The minimum atomic E-state index is -4.13. The maximum absolute atomic E-state index is 14.1. The molecule has 8 nitrogen and oxygen atoms in total. The van der Waals surface area contributed by atoms with Crippen LogP contribution in [0.1, 0.15) is 46.1 Å². The van der Waals surface area contributed by atoms with Gasteiger partial charge in [0.1, 0.15) is 18.3 Å². The van der Waals surface area contributed by atoms with E-state index in [1.54, 1.807) is 66.7 Å². The van der Waals surface area contributed by atoms with E-state index in [0.717, 1.165) is 16.3 Å². The van der Waals surface area contributed by atoms with E-state index in [9.17, 15) is 18.0 Å². The monoisotopic (exact) mass is 599 g/mol. The number of anilines is 1. The van der Waals surface area contributed by atoms with Gasteiger partial charge in [0, 0.05) is 17.6 Å². The van der Waals surface area contributed by atoms with Gasteiger partial charge in [-0.2, -0.15) is 0 Å². The number of sulfonamides is 1. The quantitative estimate of drug-likeness (QED) is 0.258. The lowest BCUT2D eigenvalue weighted by molar-refractivity contribution is -0.140. The van der Waals surface area contributed by atoms with Gasteiger partial charge in [-0.15, -0.1) is 0 Å². The molecule has 10 heteroatoms. The van der Waals surface area contributed by atoms with E-state index < -0.39 is 28.5 Å². The predicted octanol–water partition coefficient (Wildman–Crippen LogP) is 5.66. The fourth-order valence-corrected chi connectivity index (χ4v) is 5.83. The topological polar surface area (TPSA) is 96.0 Å². The highest BCUT2D eigenvalue weighted by molar-refractivity contribution is 7.92. The number of hydrogen-bond donors (Lipinski definition) is 1. The van der Waals surface area contributed by atoms with Crippen LogP contribution in [0.15, 0.2) is 83.8 Å². The second-order valence-electron chi connectivity index (χ2n) is 9.64. The van der Waals surface area contributed by atoms with Crippen molar-refractivity contribution in [1.29, 1.82) is 0 Å². The molecule has 0 spiro atoms. The molecular weight excluding hydrogens is 562 g/mol. The SMILES string of the molecule is CCOc1ccc(N(CC(=O)N(Cc2ccc(Cl)cc2)C(CC)C(=O)NC(C)CC)S(=O)(=O)c2ccccc2)cc1. The number of halogens is 1.